The Hall–Kier alpha value is -2.20. The Labute approximate surface area is 230 Å². The fourth-order valence-corrected chi connectivity index (χ4v) is 5.91. The molecule has 2 N–H and O–H groups in total. The number of thiocarbonyl (C=S) groups is 1. The number of hydrogen-bond donors (Lipinski definition) is 2. The third-order valence-corrected chi connectivity index (χ3v) is 8.31. The van der Waals surface area contributed by atoms with Crippen LogP contribution in [0.15, 0.2) is 30.3 Å². The van der Waals surface area contributed by atoms with E-state index >= 15 is 0 Å². The Morgan fingerprint density at radius 2 is 1.81 bits per heavy atom. The third-order valence-electron chi connectivity index (χ3n) is 7.83. The molecule has 0 amide bonds. The van der Waals surface area contributed by atoms with Gasteiger partial charge >= 0.3 is 0 Å². The van der Waals surface area contributed by atoms with Gasteiger partial charge in [0, 0.05) is 61.9 Å². The lowest BCUT2D eigenvalue weighted by Gasteiger charge is -2.38. The molecule has 0 aliphatic carbocycles. The second-order valence-electron chi connectivity index (χ2n) is 10.3. The second kappa shape index (κ2) is 12.1. The van der Waals surface area contributed by atoms with E-state index in [1.807, 2.05) is 12.1 Å². The van der Waals surface area contributed by atoms with Crippen molar-refractivity contribution in [2.45, 2.75) is 50.5 Å². The second-order valence-corrected chi connectivity index (χ2v) is 11.1. The summed E-state index contributed by atoms with van der Waals surface area (Å²) in [6, 6.07) is 10.7. The predicted octanol–water partition coefficient (Wildman–Crippen LogP) is 4.38. The Kier molecular flexibility index (Phi) is 8.64. The van der Waals surface area contributed by atoms with Gasteiger partial charge in [-0.25, -0.2) is 0 Å². The molecule has 0 radical (unpaired) electrons. The molecule has 1 aromatic carbocycles. The fraction of sp³-hybridized carbons (Fsp3) is 0.593. The monoisotopic (exact) mass is 544 g/mol. The van der Waals surface area contributed by atoms with Gasteiger partial charge < -0.3 is 29.9 Å². The highest BCUT2D eigenvalue weighted by Crippen LogP contribution is 2.35. The van der Waals surface area contributed by atoms with E-state index in [2.05, 4.69) is 45.6 Å². The number of anilines is 3. The van der Waals surface area contributed by atoms with Crippen LogP contribution in [0.1, 0.15) is 44.6 Å². The average molecular weight is 545 g/mol. The number of morpholine rings is 1. The first kappa shape index (κ1) is 26.4. The lowest BCUT2D eigenvalue weighted by atomic mass is 9.74. The van der Waals surface area contributed by atoms with Gasteiger partial charge in [0.25, 0.3) is 0 Å². The maximum atomic E-state index is 6.34. The largest absolute Gasteiger partial charge is 0.381 e. The summed E-state index contributed by atoms with van der Waals surface area (Å²) >= 11 is 12.1. The van der Waals surface area contributed by atoms with E-state index in [0.29, 0.717) is 36.9 Å². The molecule has 3 aliphatic rings. The van der Waals surface area contributed by atoms with E-state index in [4.69, 9.17) is 43.3 Å². The Morgan fingerprint density at radius 3 is 2.57 bits per heavy atom. The van der Waals surface area contributed by atoms with Crippen LogP contribution in [0.3, 0.4) is 0 Å². The maximum Gasteiger partial charge on any atom is 0.232 e. The molecular formula is C27H37ClN6O2S. The summed E-state index contributed by atoms with van der Waals surface area (Å²) in [4.78, 5) is 14.4. The zero-order chi connectivity index (χ0) is 25.7. The molecule has 10 heteroatoms. The van der Waals surface area contributed by atoms with Crippen molar-refractivity contribution in [3.8, 4) is 0 Å². The molecule has 0 saturated carbocycles. The molecule has 3 aliphatic heterocycles. The van der Waals surface area contributed by atoms with Gasteiger partial charge in [-0.1, -0.05) is 23.7 Å². The van der Waals surface area contributed by atoms with Gasteiger partial charge in [-0.2, -0.15) is 9.97 Å². The minimum absolute atomic E-state index is 0.0974. The van der Waals surface area contributed by atoms with E-state index in [1.54, 1.807) is 0 Å². The fourth-order valence-electron chi connectivity index (χ4n) is 5.56. The van der Waals surface area contributed by atoms with Crippen molar-refractivity contribution in [3.05, 3.63) is 40.9 Å². The van der Waals surface area contributed by atoms with Crippen LogP contribution in [0.4, 0.5) is 17.6 Å². The number of nitrogens with one attached hydrogen (secondary N) is 2. The molecule has 0 bridgehead atoms. The van der Waals surface area contributed by atoms with Gasteiger partial charge in [0.05, 0.1) is 13.2 Å². The number of rotatable bonds is 6. The smallest absolute Gasteiger partial charge is 0.232 e. The van der Waals surface area contributed by atoms with Crippen LogP contribution in [-0.2, 0) is 14.9 Å². The van der Waals surface area contributed by atoms with E-state index in [9.17, 15) is 0 Å². The first-order valence-corrected chi connectivity index (χ1v) is 14.2. The zero-order valence-corrected chi connectivity index (χ0v) is 23.1. The maximum absolute atomic E-state index is 6.34. The molecule has 1 aromatic heterocycles. The first-order valence-electron chi connectivity index (χ1n) is 13.4. The van der Waals surface area contributed by atoms with Crippen LogP contribution >= 0.6 is 23.8 Å². The highest BCUT2D eigenvalue weighted by atomic mass is 35.5. The summed E-state index contributed by atoms with van der Waals surface area (Å²) in [5.74, 6) is 2.39. The summed E-state index contributed by atoms with van der Waals surface area (Å²) in [6.07, 6.45) is 5.43. The molecule has 0 spiro atoms. The summed E-state index contributed by atoms with van der Waals surface area (Å²) < 4.78 is 11.2. The van der Waals surface area contributed by atoms with Crippen LogP contribution in [0.25, 0.3) is 0 Å². The predicted molar refractivity (Wildman–Crippen MR) is 153 cm³/mol. The molecule has 1 unspecified atom stereocenters. The van der Waals surface area contributed by atoms with E-state index in [0.717, 1.165) is 62.3 Å². The van der Waals surface area contributed by atoms with E-state index < -0.39 is 0 Å². The lowest BCUT2D eigenvalue weighted by Crippen LogP contribution is -2.45. The Morgan fingerprint density at radius 1 is 1.05 bits per heavy atom. The SMILES string of the molecule is CC1CCCCN1c1cc(N2CCOCC2)nc(NC(=S)NCC2(c3cccc(Cl)c3)CCOCC2)n1. The number of halogens is 1. The van der Waals surface area contributed by atoms with Crippen LogP contribution in [0.2, 0.25) is 5.02 Å². The molecule has 3 saturated heterocycles. The van der Waals surface area contributed by atoms with Gasteiger partial charge in [0.2, 0.25) is 5.95 Å². The average Bonchev–Trinajstić information content (AvgIpc) is 2.93. The minimum atomic E-state index is -0.0974. The van der Waals surface area contributed by atoms with Crippen molar-refractivity contribution in [2.24, 2.45) is 0 Å². The molecule has 200 valence electrons. The van der Waals surface area contributed by atoms with Gasteiger partial charge in [0.1, 0.15) is 11.6 Å². The van der Waals surface area contributed by atoms with E-state index in [1.165, 1.54) is 24.8 Å². The molecule has 5 rings (SSSR count). The minimum Gasteiger partial charge on any atom is -0.381 e. The van der Waals surface area contributed by atoms with E-state index in [-0.39, 0.29) is 5.41 Å². The van der Waals surface area contributed by atoms with Crippen LogP contribution in [0.5, 0.6) is 0 Å². The highest BCUT2D eigenvalue weighted by Gasteiger charge is 2.35. The van der Waals surface area contributed by atoms with Gasteiger partial charge in [-0.05, 0) is 68.9 Å². The molecule has 8 nitrogen and oxygen atoms in total. The Balaban J connectivity index is 1.33. The molecule has 2 aromatic rings. The normalized spacial score (nSPS) is 21.9. The number of aromatic nitrogens is 2. The van der Waals surface area contributed by atoms with Crippen LogP contribution in [0, 0.1) is 0 Å². The number of nitrogens with zero attached hydrogens (tertiary/aromatic N) is 4. The quantitative estimate of drug-likeness (QED) is 0.515. The van der Waals surface area contributed by atoms with Crippen molar-refractivity contribution < 1.29 is 9.47 Å². The lowest BCUT2D eigenvalue weighted by molar-refractivity contribution is 0.0515. The molecule has 1 atom stereocenters. The van der Waals surface area contributed by atoms with Gasteiger partial charge in [0.15, 0.2) is 5.11 Å². The van der Waals surface area contributed by atoms with Crippen molar-refractivity contribution in [1.82, 2.24) is 15.3 Å². The topological polar surface area (TPSA) is 74.8 Å². The number of hydrogen-bond acceptors (Lipinski definition) is 7. The molecule has 4 heterocycles. The number of piperidine rings is 1. The van der Waals surface area contributed by atoms with Crippen LogP contribution < -0.4 is 20.4 Å². The third kappa shape index (κ3) is 6.45. The first-order chi connectivity index (χ1) is 18.0. The highest BCUT2D eigenvalue weighted by molar-refractivity contribution is 7.80. The molecule has 3 fully saturated rings. The van der Waals surface area contributed by atoms with Crippen LogP contribution in [-0.4, -0.2) is 73.7 Å². The van der Waals surface area contributed by atoms with Gasteiger partial charge in [-0.3, -0.25) is 0 Å². The molecule has 37 heavy (non-hydrogen) atoms. The van der Waals surface area contributed by atoms with Crippen molar-refractivity contribution in [3.63, 3.8) is 0 Å². The van der Waals surface area contributed by atoms with Crippen molar-refractivity contribution in [1.29, 1.82) is 0 Å². The molecular weight excluding hydrogens is 508 g/mol. The standard InChI is InChI=1S/C27H37ClN6O2S/c1-20-5-2-3-10-34(20)24-18-23(33-11-15-36-16-12-33)30-25(31-24)32-26(37)29-19-27(8-13-35-14-9-27)21-6-4-7-22(28)17-21/h4,6-7,17-18,20H,2-3,5,8-16,19H2,1H3,(H2,29,30,31,32,37). The Bertz CT molecular complexity index is 1080. The van der Waals surface area contributed by atoms with Crippen molar-refractivity contribution in [2.75, 3.05) is 67.7 Å². The summed E-state index contributed by atoms with van der Waals surface area (Å²) in [7, 11) is 0. The summed E-state index contributed by atoms with van der Waals surface area (Å²) in [6.45, 7) is 8.45. The zero-order valence-electron chi connectivity index (χ0n) is 21.5. The van der Waals surface area contributed by atoms with Crippen molar-refractivity contribution >= 4 is 46.5 Å². The summed E-state index contributed by atoms with van der Waals surface area (Å²) in [5.41, 5.74) is 1.12. The van der Waals surface area contributed by atoms with Gasteiger partial charge in [-0.15, -0.1) is 0 Å². The number of benzene rings is 1. The number of ether oxygens (including phenoxy) is 2. The summed E-state index contributed by atoms with van der Waals surface area (Å²) in [5, 5.41) is 8.02.